The molecule has 5 nitrogen and oxygen atoms in total. The summed E-state index contributed by atoms with van der Waals surface area (Å²) in [6, 6.07) is 5.92. The van der Waals surface area contributed by atoms with Gasteiger partial charge in [0.15, 0.2) is 0 Å². The molecule has 1 aromatic rings. The van der Waals surface area contributed by atoms with Crippen molar-refractivity contribution in [1.82, 2.24) is 15.5 Å². The van der Waals surface area contributed by atoms with Crippen molar-refractivity contribution >= 4 is 6.03 Å². The van der Waals surface area contributed by atoms with Crippen LogP contribution in [0.2, 0.25) is 0 Å². The van der Waals surface area contributed by atoms with Gasteiger partial charge in [-0.15, -0.1) is 0 Å². The van der Waals surface area contributed by atoms with Crippen LogP contribution >= 0.6 is 0 Å². The van der Waals surface area contributed by atoms with E-state index < -0.39 is 0 Å². The van der Waals surface area contributed by atoms with Gasteiger partial charge in [-0.05, 0) is 37.5 Å². The van der Waals surface area contributed by atoms with Crippen LogP contribution in [0.15, 0.2) is 24.3 Å². The van der Waals surface area contributed by atoms with E-state index in [1.807, 2.05) is 13.8 Å². The van der Waals surface area contributed by atoms with Crippen LogP contribution < -0.4 is 10.6 Å². The molecule has 1 heterocycles. The molecule has 1 unspecified atom stereocenters. The quantitative estimate of drug-likeness (QED) is 0.829. The number of morpholine rings is 1. The van der Waals surface area contributed by atoms with E-state index in [2.05, 4.69) is 29.4 Å². The zero-order valence-electron chi connectivity index (χ0n) is 15.6. The molecule has 0 aliphatic carbocycles. The first-order valence-electron chi connectivity index (χ1n) is 8.92. The van der Waals surface area contributed by atoms with Crippen LogP contribution in [-0.2, 0) is 4.74 Å². The van der Waals surface area contributed by atoms with Crippen LogP contribution in [0.1, 0.15) is 39.3 Å². The maximum absolute atomic E-state index is 13.1. The number of carbonyl (C=O) groups is 1. The summed E-state index contributed by atoms with van der Waals surface area (Å²) in [6.07, 6.45) is 0. The number of amides is 2. The normalized spacial score (nSPS) is 17.4. The van der Waals surface area contributed by atoms with Crippen molar-refractivity contribution in [1.29, 1.82) is 0 Å². The first kappa shape index (κ1) is 19.7. The van der Waals surface area contributed by atoms with E-state index in [0.717, 1.165) is 31.9 Å². The largest absolute Gasteiger partial charge is 0.379 e. The number of rotatable bonds is 6. The molecule has 25 heavy (non-hydrogen) atoms. The standard InChI is InChI=1S/C19H30FN3O2/c1-14(2)17(15-5-7-16(20)8-6-15)22-18(24)21-13-19(3,4)23-9-11-25-12-10-23/h5-8,14,17H,9-13H2,1-4H3,(H2,21,22,24). The number of nitrogens with zero attached hydrogens (tertiary/aromatic N) is 1. The second-order valence-electron chi connectivity index (χ2n) is 7.51. The SMILES string of the molecule is CC(C)C(NC(=O)NCC(C)(C)N1CCOCC1)c1ccc(F)cc1. The number of hydrogen-bond donors (Lipinski definition) is 2. The van der Waals surface area contributed by atoms with E-state index in [0.29, 0.717) is 6.54 Å². The number of halogens is 1. The molecule has 1 aliphatic rings. The third-order valence-corrected chi connectivity index (χ3v) is 4.73. The number of nitrogens with one attached hydrogen (secondary N) is 2. The van der Waals surface area contributed by atoms with Crippen molar-refractivity contribution in [2.75, 3.05) is 32.8 Å². The Morgan fingerprint density at radius 2 is 1.84 bits per heavy atom. The van der Waals surface area contributed by atoms with Gasteiger partial charge in [0.2, 0.25) is 0 Å². The molecule has 0 aromatic heterocycles. The molecular weight excluding hydrogens is 321 g/mol. The highest BCUT2D eigenvalue weighted by atomic mass is 19.1. The summed E-state index contributed by atoms with van der Waals surface area (Å²) in [5.41, 5.74) is 0.767. The molecule has 2 N–H and O–H groups in total. The Morgan fingerprint density at radius 1 is 1.24 bits per heavy atom. The monoisotopic (exact) mass is 351 g/mol. The van der Waals surface area contributed by atoms with Gasteiger partial charge in [-0.2, -0.15) is 0 Å². The number of carbonyl (C=O) groups excluding carboxylic acids is 1. The lowest BCUT2D eigenvalue weighted by atomic mass is 9.96. The number of hydrogen-bond acceptors (Lipinski definition) is 3. The Kier molecular flexibility index (Phi) is 6.79. The Hall–Kier alpha value is -1.66. The molecule has 6 heteroatoms. The summed E-state index contributed by atoms with van der Waals surface area (Å²) in [5.74, 6) is -0.0774. The molecule has 2 rings (SSSR count). The van der Waals surface area contributed by atoms with Crippen LogP contribution in [-0.4, -0.2) is 49.3 Å². The highest BCUT2D eigenvalue weighted by molar-refractivity contribution is 5.74. The molecule has 140 valence electrons. The summed E-state index contributed by atoms with van der Waals surface area (Å²) in [5, 5.41) is 5.99. The Morgan fingerprint density at radius 3 is 2.40 bits per heavy atom. The van der Waals surface area contributed by atoms with E-state index >= 15 is 0 Å². The first-order chi connectivity index (χ1) is 11.8. The molecule has 1 atom stereocenters. The fraction of sp³-hybridized carbons (Fsp3) is 0.632. The Labute approximate surface area is 149 Å². The van der Waals surface area contributed by atoms with Crippen LogP contribution in [0.4, 0.5) is 9.18 Å². The van der Waals surface area contributed by atoms with Crippen LogP contribution in [0.3, 0.4) is 0 Å². The zero-order valence-corrected chi connectivity index (χ0v) is 15.6. The van der Waals surface area contributed by atoms with E-state index in [9.17, 15) is 9.18 Å². The minimum absolute atomic E-state index is 0.135. The van der Waals surface area contributed by atoms with E-state index in [4.69, 9.17) is 4.74 Å². The average molecular weight is 351 g/mol. The number of urea groups is 1. The van der Waals surface area contributed by atoms with Gasteiger partial charge in [-0.1, -0.05) is 26.0 Å². The van der Waals surface area contributed by atoms with Crippen molar-refractivity contribution in [3.8, 4) is 0 Å². The minimum atomic E-state index is -0.275. The van der Waals surface area contributed by atoms with Gasteiger partial charge in [-0.25, -0.2) is 9.18 Å². The third kappa shape index (κ3) is 5.68. The van der Waals surface area contributed by atoms with Crippen molar-refractivity contribution in [2.24, 2.45) is 5.92 Å². The maximum Gasteiger partial charge on any atom is 0.315 e. The Bertz CT molecular complexity index is 554. The fourth-order valence-corrected chi connectivity index (χ4v) is 3.07. The molecular formula is C19H30FN3O2. The summed E-state index contributed by atoms with van der Waals surface area (Å²) in [7, 11) is 0. The Balaban J connectivity index is 1.91. The summed E-state index contributed by atoms with van der Waals surface area (Å²) < 4.78 is 18.5. The molecule has 1 fully saturated rings. The zero-order chi connectivity index (χ0) is 18.4. The van der Waals surface area contributed by atoms with Gasteiger partial charge in [0.25, 0.3) is 0 Å². The number of ether oxygens (including phenoxy) is 1. The van der Waals surface area contributed by atoms with Crippen LogP contribution in [0, 0.1) is 11.7 Å². The van der Waals surface area contributed by atoms with Gasteiger partial charge in [0.05, 0.1) is 19.3 Å². The molecule has 1 aliphatic heterocycles. The molecule has 1 saturated heterocycles. The first-order valence-corrected chi connectivity index (χ1v) is 8.92. The van der Waals surface area contributed by atoms with Gasteiger partial charge in [0, 0.05) is 25.2 Å². The predicted octanol–water partition coefficient (Wildman–Crippen LogP) is 2.93. The highest BCUT2D eigenvalue weighted by Gasteiger charge is 2.29. The predicted molar refractivity (Wildman–Crippen MR) is 97.0 cm³/mol. The van der Waals surface area contributed by atoms with Crippen LogP contribution in [0.25, 0.3) is 0 Å². The third-order valence-electron chi connectivity index (χ3n) is 4.73. The average Bonchev–Trinajstić information content (AvgIpc) is 2.59. The van der Waals surface area contributed by atoms with E-state index in [1.54, 1.807) is 12.1 Å². The van der Waals surface area contributed by atoms with E-state index in [1.165, 1.54) is 12.1 Å². The van der Waals surface area contributed by atoms with Crippen molar-refractivity contribution in [2.45, 2.75) is 39.3 Å². The second-order valence-corrected chi connectivity index (χ2v) is 7.51. The molecule has 0 radical (unpaired) electrons. The molecule has 2 amide bonds. The molecule has 0 bridgehead atoms. The van der Waals surface area contributed by atoms with Gasteiger partial charge in [-0.3, -0.25) is 4.90 Å². The van der Waals surface area contributed by atoms with Gasteiger partial charge < -0.3 is 15.4 Å². The van der Waals surface area contributed by atoms with Crippen molar-refractivity contribution in [3.05, 3.63) is 35.6 Å². The van der Waals surface area contributed by atoms with Gasteiger partial charge in [0.1, 0.15) is 5.82 Å². The van der Waals surface area contributed by atoms with Crippen molar-refractivity contribution in [3.63, 3.8) is 0 Å². The van der Waals surface area contributed by atoms with Crippen LogP contribution in [0.5, 0.6) is 0 Å². The highest BCUT2D eigenvalue weighted by Crippen LogP contribution is 2.22. The summed E-state index contributed by atoms with van der Waals surface area (Å²) in [4.78, 5) is 14.7. The molecule has 0 saturated carbocycles. The number of benzene rings is 1. The summed E-state index contributed by atoms with van der Waals surface area (Å²) >= 11 is 0. The maximum atomic E-state index is 13.1. The van der Waals surface area contributed by atoms with E-state index in [-0.39, 0.29) is 29.3 Å². The lowest BCUT2D eigenvalue weighted by Crippen LogP contribution is -2.56. The minimum Gasteiger partial charge on any atom is -0.379 e. The van der Waals surface area contributed by atoms with Crippen molar-refractivity contribution < 1.29 is 13.9 Å². The fourth-order valence-electron chi connectivity index (χ4n) is 3.07. The lowest BCUT2D eigenvalue weighted by Gasteiger charge is -2.41. The van der Waals surface area contributed by atoms with Gasteiger partial charge >= 0.3 is 6.03 Å². The summed E-state index contributed by atoms with van der Waals surface area (Å²) in [6.45, 7) is 12.1. The smallest absolute Gasteiger partial charge is 0.315 e. The molecule has 0 spiro atoms. The molecule has 1 aromatic carbocycles. The topological polar surface area (TPSA) is 53.6 Å². The lowest BCUT2D eigenvalue weighted by molar-refractivity contribution is -0.00877. The second kappa shape index (κ2) is 8.63.